The van der Waals surface area contributed by atoms with E-state index in [4.69, 9.17) is 11.6 Å². The number of aromatic nitrogens is 2. The van der Waals surface area contributed by atoms with Gasteiger partial charge in [0, 0.05) is 31.9 Å². The van der Waals surface area contributed by atoms with Crippen molar-refractivity contribution in [3.05, 3.63) is 45.5 Å². The zero-order chi connectivity index (χ0) is 13.8. The van der Waals surface area contributed by atoms with Crippen LogP contribution in [0.5, 0.6) is 0 Å². The third-order valence-corrected chi connectivity index (χ3v) is 3.46. The van der Waals surface area contributed by atoms with E-state index in [0.29, 0.717) is 5.95 Å². The second-order valence-corrected chi connectivity index (χ2v) is 5.39. The molecule has 0 aliphatic rings. The van der Waals surface area contributed by atoms with E-state index in [1.807, 2.05) is 31.3 Å². The molecule has 0 amide bonds. The van der Waals surface area contributed by atoms with E-state index in [1.165, 1.54) is 5.56 Å². The maximum absolute atomic E-state index is 5.88. The fourth-order valence-electron chi connectivity index (χ4n) is 1.68. The minimum Gasteiger partial charge on any atom is -0.357 e. The van der Waals surface area contributed by atoms with Gasteiger partial charge in [-0.25, -0.2) is 4.98 Å². The first kappa shape index (κ1) is 14.1. The Morgan fingerprint density at radius 1 is 1.32 bits per heavy atom. The Balaban J connectivity index is 2.19. The summed E-state index contributed by atoms with van der Waals surface area (Å²) in [6.45, 7) is 0.746. The number of nitrogens with zero attached hydrogens (tertiary/aromatic N) is 3. The van der Waals surface area contributed by atoms with Crippen LogP contribution in [0.3, 0.4) is 0 Å². The van der Waals surface area contributed by atoms with E-state index >= 15 is 0 Å². The Labute approximate surface area is 126 Å². The number of hydrogen-bond acceptors (Lipinski definition) is 4. The number of hydrogen-bond donors (Lipinski definition) is 1. The van der Waals surface area contributed by atoms with Crippen molar-refractivity contribution < 1.29 is 0 Å². The van der Waals surface area contributed by atoms with E-state index in [0.717, 1.165) is 21.9 Å². The average molecular weight is 342 g/mol. The topological polar surface area (TPSA) is 41.1 Å². The number of halogens is 2. The SMILES string of the molecule is CNc1ncc(Br)c(N(C)Cc2ccc(Cl)cc2)n1. The molecule has 0 atom stereocenters. The van der Waals surface area contributed by atoms with Crippen molar-refractivity contribution in [2.75, 3.05) is 24.3 Å². The minimum atomic E-state index is 0.598. The Kier molecular flexibility index (Phi) is 4.61. The van der Waals surface area contributed by atoms with Gasteiger partial charge < -0.3 is 10.2 Å². The zero-order valence-electron chi connectivity index (χ0n) is 10.7. The van der Waals surface area contributed by atoms with Crippen molar-refractivity contribution in [1.82, 2.24) is 9.97 Å². The van der Waals surface area contributed by atoms with Gasteiger partial charge in [0.2, 0.25) is 5.95 Å². The summed E-state index contributed by atoms with van der Waals surface area (Å²) in [5, 5.41) is 3.68. The third-order valence-electron chi connectivity index (χ3n) is 2.64. The predicted octanol–water partition coefficient (Wildman–Crippen LogP) is 3.57. The molecule has 1 aromatic carbocycles. The van der Waals surface area contributed by atoms with Gasteiger partial charge in [0.15, 0.2) is 0 Å². The van der Waals surface area contributed by atoms with Crippen LogP contribution in [-0.4, -0.2) is 24.1 Å². The van der Waals surface area contributed by atoms with Gasteiger partial charge in [-0.05, 0) is 33.6 Å². The maximum Gasteiger partial charge on any atom is 0.224 e. The van der Waals surface area contributed by atoms with Crippen LogP contribution in [0.2, 0.25) is 5.02 Å². The molecule has 2 aromatic rings. The summed E-state index contributed by atoms with van der Waals surface area (Å²) in [4.78, 5) is 10.6. The van der Waals surface area contributed by atoms with Gasteiger partial charge in [-0.1, -0.05) is 23.7 Å². The van der Waals surface area contributed by atoms with Crippen LogP contribution in [0.15, 0.2) is 34.9 Å². The highest BCUT2D eigenvalue weighted by atomic mass is 79.9. The normalized spacial score (nSPS) is 10.3. The molecule has 1 aromatic heterocycles. The van der Waals surface area contributed by atoms with Gasteiger partial charge >= 0.3 is 0 Å². The summed E-state index contributed by atoms with van der Waals surface area (Å²) in [6, 6.07) is 7.79. The van der Waals surface area contributed by atoms with Crippen molar-refractivity contribution >= 4 is 39.3 Å². The summed E-state index contributed by atoms with van der Waals surface area (Å²) < 4.78 is 0.864. The van der Waals surface area contributed by atoms with E-state index in [1.54, 1.807) is 13.2 Å². The lowest BCUT2D eigenvalue weighted by atomic mass is 10.2. The van der Waals surface area contributed by atoms with Gasteiger partial charge in [-0.2, -0.15) is 4.98 Å². The van der Waals surface area contributed by atoms with Crippen molar-refractivity contribution in [1.29, 1.82) is 0 Å². The van der Waals surface area contributed by atoms with E-state index in [9.17, 15) is 0 Å². The molecule has 4 nitrogen and oxygen atoms in total. The molecule has 2 rings (SSSR count). The lowest BCUT2D eigenvalue weighted by Crippen LogP contribution is -2.19. The van der Waals surface area contributed by atoms with Crippen LogP contribution in [0.25, 0.3) is 0 Å². The molecule has 1 heterocycles. The first-order chi connectivity index (χ1) is 9.10. The summed E-state index contributed by atoms with van der Waals surface area (Å²) >= 11 is 9.35. The number of anilines is 2. The van der Waals surface area contributed by atoms with Crippen molar-refractivity contribution in [2.24, 2.45) is 0 Å². The van der Waals surface area contributed by atoms with Gasteiger partial charge in [-0.15, -0.1) is 0 Å². The van der Waals surface area contributed by atoms with Gasteiger partial charge in [0.25, 0.3) is 0 Å². The molecule has 0 spiro atoms. The molecule has 0 bridgehead atoms. The number of nitrogens with one attached hydrogen (secondary N) is 1. The first-order valence-electron chi connectivity index (χ1n) is 5.76. The Morgan fingerprint density at radius 3 is 2.63 bits per heavy atom. The smallest absolute Gasteiger partial charge is 0.224 e. The lowest BCUT2D eigenvalue weighted by Gasteiger charge is -2.20. The van der Waals surface area contributed by atoms with Crippen LogP contribution in [0, 0.1) is 0 Å². The van der Waals surface area contributed by atoms with E-state index < -0.39 is 0 Å². The Hall–Kier alpha value is -1.33. The second kappa shape index (κ2) is 6.21. The zero-order valence-corrected chi connectivity index (χ0v) is 13.0. The molecule has 0 saturated heterocycles. The van der Waals surface area contributed by atoms with Crippen LogP contribution < -0.4 is 10.2 Å². The standard InChI is InChI=1S/C13H14BrClN4/c1-16-13-17-7-11(14)12(18-13)19(2)8-9-3-5-10(15)6-4-9/h3-7H,8H2,1-2H3,(H,16,17,18). The van der Waals surface area contributed by atoms with Crippen molar-refractivity contribution in [3.63, 3.8) is 0 Å². The molecule has 1 N–H and O–H groups in total. The summed E-state index contributed by atoms with van der Waals surface area (Å²) in [5.41, 5.74) is 1.17. The average Bonchev–Trinajstić information content (AvgIpc) is 2.42. The predicted molar refractivity (Wildman–Crippen MR) is 82.8 cm³/mol. The fourth-order valence-corrected chi connectivity index (χ4v) is 2.30. The molecule has 6 heteroatoms. The summed E-state index contributed by atoms with van der Waals surface area (Å²) in [6.07, 6.45) is 1.74. The highest BCUT2D eigenvalue weighted by Crippen LogP contribution is 2.24. The Morgan fingerprint density at radius 2 is 2.00 bits per heavy atom. The molecular formula is C13H14BrClN4. The number of benzene rings is 1. The second-order valence-electron chi connectivity index (χ2n) is 4.10. The minimum absolute atomic E-state index is 0.598. The molecular weight excluding hydrogens is 328 g/mol. The van der Waals surface area contributed by atoms with Crippen molar-refractivity contribution in [2.45, 2.75) is 6.54 Å². The lowest BCUT2D eigenvalue weighted by molar-refractivity contribution is 0.887. The molecule has 0 aliphatic heterocycles. The molecule has 0 unspecified atom stereocenters. The highest BCUT2D eigenvalue weighted by Gasteiger charge is 2.10. The Bertz CT molecular complexity index is 559. The number of rotatable bonds is 4. The molecule has 19 heavy (non-hydrogen) atoms. The van der Waals surface area contributed by atoms with Gasteiger partial charge in [0.05, 0.1) is 4.47 Å². The summed E-state index contributed by atoms with van der Waals surface area (Å²) in [5.74, 6) is 1.44. The highest BCUT2D eigenvalue weighted by molar-refractivity contribution is 9.10. The quantitative estimate of drug-likeness (QED) is 0.923. The van der Waals surface area contributed by atoms with Crippen LogP contribution >= 0.6 is 27.5 Å². The molecule has 0 saturated carbocycles. The summed E-state index contributed by atoms with van der Waals surface area (Å²) in [7, 11) is 3.79. The fraction of sp³-hybridized carbons (Fsp3) is 0.231. The first-order valence-corrected chi connectivity index (χ1v) is 6.93. The third kappa shape index (κ3) is 3.58. The molecule has 0 radical (unpaired) electrons. The maximum atomic E-state index is 5.88. The van der Waals surface area contributed by atoms with Crippen LogP contribution in [-0.2, 0) is 6.54 Å². The van der Waals surface area contributed by atoms with Crippen LogP contribution in [0.1, 0.15) is 5.56 Å². The molecule has 0 aliphatic carbocycles. The van der Waals surface area contributed by atoms with Crippen molar-refractivity contribution in [3.8, 4) is 0 Å². The van der Waals surface area contributed by atoms with Gasteiger partial charge in [0.1, 0.15) is 5.82 Å². The monoisotopic (exact) mass is 340 g/mol. The van der Waals surface area contributed by atoms with E-state index in [-0.39, 0.29) is 0 Å². The molecule has 0 fully saturated rings. The largest absolute Gasteiger partial charge is 0.357 e. The molecule has 100 valence electrons. The van der Waals surface area contributed by atoms with E-state index in [2.05, 4.69) is 36.1 Å². The van der Waals surface area contributed by atoms with Crippen LogP contribution in [0.4, 0.5) is 11.8 Å². The van der Waals surface area contributed by atoms with Gasteiger partial charge in [-0.3, -0.25) is 0 Å².